The number of hydrogen-bond donors (Lipinski definition) is 1. The molecular formula is C28H28BrClF3N5O5S. The number of nitrogens with zero attached hydrogens (tertiary/aromatic N) is 4. The molecule has 1 aromatic heterocycles. The first-order chi connectivity index (χ1) is 20.6. The van der Waals surface area contributed by atoms with Crippen LogP contribution in [0.15, 0.2) is 58.0 Å². The third kappa shape index (κ3) is 7.33. The zero-order valence-electron chi connectivity index (χ0n) is 23.7. The Hall–Kier alpha value is -3.27. The summed E-state index contributed by atoms with van der Waals surface area (Å²) in [5.41, 5.74) is 0.707. The summed E-state index contributed by atoms with van der Waals surface area (Å²) in [6, 6.07) is 9.33. The van der Waals surface area contributed by atoms with E-state index >= 15 is 0 Å². The van der Waals surface area contributed by atoms with Crippen LogP contribution < -0.4 is 10.2 Å². The Bertz CT molecular complexity index is 1640. The molecule has 1 aliphatic rings. The maximum absolute atomic E-state index is 13.7. The lowest BCUT2D eigenvalue weighted by molar-refractivity contribution is -0.137. The topological polar surface area (TPSA) is 122 Å². The number of benzene rings is 2. The van der Waals surface area contributed by atoms with Crippen LogP contribution in [-0.4, -0.2) is 67.4 Å². The van der Waals surface area contributed by atoms with Crippen molar-refractivity contribution in [3.63, 3.8) is 0 Å². The first-order valence-electron chi connectivity index (χ1n) is 13.3. The van der Waals surface area contributed by atoms with E-state index in [1.807, 2.05) is 24.3 Å². The minimum atomic E-state index is -4.65. The molecule has 1 aliphatic heterocycles. The molecular weight excluding hydrogens is 691 g/mol. The van der Waals surface area contributed by atoms with Crippen LogP contribution in [-0.2, 0) is 32.3 Å². The fourth-order valence-corrected chi connectivity index (χ4v) is 6.79. The molecule has 16 heteroatoms. The number of rotatable bonds is 8. The zero-order valence-corrected chi connectivity index (χ0v) is 26.9. The van der Waals surface area contributed by atoms with Gasteiger partial charge in [0.05, 0.1) is 17.6 Å². The Kier molecular flexibility index (Phi) is 10.2. The lowest BCUT2D eigenvalue weighted by Crippen LogP contribution is -2.60. The molecule has 1 saturated heterocycles. The van der Waals surface area contributed by atoms with Gasteiger partial charge in [-0.2, -0.15) is 17.5 Å². The fraction of sp³-hybridized carbons (Fsp3) is 0.357. The number of halogens is 5. The van der Waals surface area contributed by atoms with E-state index in [0.717, 1.165) is 34.7 Å². The smallest absolute Gasteiger partial charge is 0.416 e. The first kappa shape index (κ1) is 33.6. The minimum absolute atomic E-state index is 0.00127. The molecule has 2 heterocycles. The Balaban J connectivity index is 1.65. The second-order valence-electron chi connectivity index (χ2n) is 10.2. The molecule has 10 nitrogen and oxygen atoms in total. The van der Waals surface area contributed by atoms with Gasteiger partial charge >= 0.3 is 12.1 Å². The van der Waals surface area contributed by atoms with Gasteiger partial charge in [-0.05, 0) is 57.2 Å². The molecule has 0 bridgehead atoms. The summed E-state index contributed by atoms with van der Waals surface area (Å²) in [5, 5.41) is 2.59. The standard InChI is InChI=1S/C28H28BrClF3N5O5S/c1-16(2)18-6-4-17(5-7-18)14-34-26(39)21-15-37(25-24(30)35-22(23(29)36-25)27(40)43-3)12-13-38(21)44(41,42)20-10-8-19(9-11-20)28(31,32)33/h4-11,16,21H,12-15H2,1-3H3,(H,34,39)/t21-/m1/s1. The monoisotopic (exact) mass is 717 g/mol. The Morgan fingerprint density at radius 3 is 2.30 bits per heavy atom. The number of carbonyl (C=O) groups excluding carboxylic acids is 2. The van der Waals surface area contributed by atoms with E-state index < -0.39 is 44.6 Å². The SMILES string of the molecule is COC(=O)c1nc(Cl)c(N2CCN(S(=O)(=O)c3ccc(C(F)(F)F)cc3)[C@@H](C(=O)NCc3ccc(C(C)C)cc3)C2)nc1Br. The number of hydrogen-bond acceptors (Lipinski definition) is 8. The van der Waals surface area contributed by atoms with Gasteiger partial charge in [-0.25, -0.2) is 23.2 Å². The number of sulfonamides is 1. The summed E-state index contributed by atoms with van der Waals surface area (Å²) in [6.07, 6.45) is -4.65. The molecule has 44 heavy (non-hydrogen) atoms. The maximum atomic E-state index is 13.7. The van der Waals surface area contributed by atoms with Gasteiger partial charge in [0.2, 0.25) is 15.9 Å². The highest BCUT2D eigenvalue weighted by Gasteiger charge is 2.41. The number of nitrogens with one attached hydrogen (secondary N) is 1. The van der Waals surface area contributed by atoms with Gasteiger partial charge < -0.3 is 15.0 Å². The molecule has 4 rings (SSSR count). The number of alkyl halides is 3. The van der Waals surface area contributed by atoms with Gasteiger partial charge in [-0.15, -0.1) is 0 Å². The van der Waals surface area contributed by atoms with E-state index in [4.69, 9.17) is 11.6 Å². The number of ether oxygens (including phenoxy) is 1. The Morgan fingerprint density at radius 2 is 1.73 bits per heavy atom. The highest BCUT2D eigenvalue weighted by Crippen LogP contribution is 2.32. The Morgan fingerprint density at radius 1 is 1.09 bits per heavy atom. The van der Waals surface area contributed by atoms with Crippen molar-refractivity contribution in [1.29, 1.82) is 0 Å². The maximum Gasteiger partial charge on any atom is 0.416 e. The van der Waals surface area contributed by atoms with Crippen LogP contribution in [0.4, 0.5) is 19.0 Å². The third-order valence-electron chi connectivity index (χ3n) is 7.01. The molecule has 0 radical (unpaired) electrons. The Labute approximate surface area is 265 Å². The summed E-state index contributed by atoms with van der Waals surface area (Å²) in [5.74, 6) is -1.04. The van der Waals surface area contributed by atoms with E-state index in [9.17, 15) is 31.2 Å². The summed E-state index contributed by atoms with van der Waals surface area (Å²) in [6.45, 7) is 3.74. The molecule has 2 aromatic carbocycles. The van der Waals surface area contributed by atoms with Gasteiger partial charge in [-0.3, -0.25) is 4.79 Å². The van der Waals surface area contributed by atoms with E-state index in [2.05, 4.69) is 49.8 Å². The van der Waals surface area contributed by atoms with E-state index in [1.54, 1.807) is 4.90 Å². The summed E-state index contributed by atoms with van der Waals surface area (Å²) >= 11 is 9.51. The molecule has 0 spiro atoms. The largest absolute Gasteiger partial charge is 0.464 e. The van der Waals surface area contributed by atoms with Crippen molar-refractivity contribution < 1.29 is 35.9 Å². The average Bonchev–Trinajstić information content (AvgIpc) is 2.99. The van der Waals surface area contributed by atoms with Crippen LogP contribution in [0.3, 0.4) is 0 Å². The molecule has 0 unspecified atom stereocenters. The molecule has 1 N–H and O–H groups in total. The number of esters is 1. The highest BCUT2D eigenvalue weighted by molar-refractivity contribution is 9.10. The van der Waals surface area contributed by atoms with Crippen LogP contribution in [0.5, 0.6) is 0 Å². The highest BCUT2D eigenvalue weighted by atomic mass is 79.9. The molecule has 3 aromatic rings. The normalized spacial score (nSPS) is 16.2. The first-order valence-corrected chi connectivity index (χ1v) is 15.9. The molecule has 236 valence electrons. The number of piperazine rings is 1. The summed E-state index contributed by atoms with van der Waals surface area (Å²) in [7, 11) is -3.26. The van der Waals surface area contributed by atoms with Crippen molar-refractivity contribution in [2.45, 2.75) is 43.4 Å². The number of anilines is 1. The quantitative estimate of drug-likeness (QED) is 0.323. The van der Waals surface area contributed by atoms with E-state index in [0.29, 0.717) is 18.1 Å². The molecule has 0 aliphatic carbocycles. The van der Waals surface area contributed by atoms with Crippen LogP contribution >= 0.6 is 27.5 Å². The van der Waals surface area contributed by atoms with Crippen molar-refractivity contribution in [1.82, 2.24) is 19.6 Å². The van der Waals surface area contributed by atoms with Crippen molar-refractivity contribution >= 4 is 55.2 Å². The average molecular weight is 719 g/mol. The van der Waals surface area contributed by atoms with Gasteiger partial charge in [0.15, 0.2) is 16.7 Å². The number of carbonyl (C=O) groups is 2. The van der Waals surface area contributed by atoms with Crippen LogP contribution in [0.1, 0.15) is 46.9 Å². The zero-order chi connectivity index (χ0) is 32.4. The van der Waals surface area contributed by atoms with Crippen LogP contribution in [0, 0.1) is 0 Å². The van der Waals surface area contributed by atoms with Gasteiger partial charge in [0, 0.05) is 26.2 Å². The van der Waals surface area contributed by atoms with Gasteiger partial charge in [0.1, 0.15) is 10.6 Å². The lowest BCUT2D eigenvalue weighted by atomic mass is 10.0. The van der Waals surface area contributed by atoms with Crippen molar-refractivity contribution in [2.75, 3.05) is 31.6 Å². The predicted molar refractivity (Wildman–Crippen MR) is 160 cm³/mol. The molecule has 1 atom stereocenters. The molecule has 1 fully saturated rings. The van der Waals surface area contributed by atoms with Crippen LogP contribution in [0.25, 0.3) is 0 Å². The van der Waals surface area contributed by atoms with E-state index in [-0.39, 0.29) is 47.4 Å². The number of aromatic nitrogens is 2. The van der Waals surface area contributed by atoms with Crippen molar-refractivity contribution in [3.05, 3.63) is 80.7 Å². The summed E-state index contributed by atoms with van der Waals surface area (Å²) in [4.78, 5) is 35.1. The van der Waals surface area contributed by atoms with Crippen molar-refractivity contribution in [3.8, 4) is 0 Å². The van der Waals surface area contributed by atoms with Gasteiger partial charge in [-0.1, -0.05) is 49.7 Å². The van der Waals surface area contributed by atoms with Gasteiger partial charge in [0.25, 0.3) is 0 Å². The molecule has 0 saturated carbocycles. The third-order valence-corrected chi connectivity index (χ3v) is 9.74. The minimum Gasteiger partial charge on any atom is -0.464 e. The summed E-state index contributed by atoms with van der Waals surface area (Å²) < 4.78 is 72.4. The van der Waals surface area contributed by atoms with Crippen molar-refractivity contribution in [2.24, 2.45) is 0 Å². The second kappa shape index (κ2) is 13.4. The number of methoxy groups -OCH3 is 1. The lowest BCUT2D eigenvalue weighted by Gasteiger charge is -2.40. The predicted octanol–water partition coefficient (Wildman–Crippen LogP) is 5.02. The second-order valence-corrected chi connectivity index (χ2v) is 13.2. The molecule has 1 amide bonds. The fourth-order valence-electron chi connectivity index (χ4n) is 4.55. The number of amides is 1. The van der Waals surface area contributed by atoms with Crippen LogP contribution in [0.2, 0.25) is 5.15 Å². The van der Waals surface area contributed by atoms with E-state index in [1.165, 1.54) is 0 Å².